The van der Waals surface area contributed by atoms with Crippen LogP contribution in [-0.2, 0) is 6.42 Å². The summed E-state index contributed by atoms with van der Waals surface area (Å²) in [5.74, 6) is -0.178. The first-order valence-corrected chi connectivity index (χ1v) is 11.6. The molecule has 0 unspecified atom stereocenters. The summed E-state index contributed by atoms with van der Waals surface area (Å²) in [4.78, 5) is 34.6. The zero-order valence-electron chi connectivity index (χ0n) is 18.1. The first-order chi connectivity index (χ1) is 16.0. The number of hydrogen-bond donors (Lipinski definition) is 0. The fourth-order valence-electron chi connectivity index (χ4n) is 4.00. The third-order valence-electron chi connectivity index (χ3n) is 5.79. The van der Waals surface area contributed by atoms with Gasteiger partial charge >= 0.3 is 0 Å². The quantitative estimate of drug-likeness (QED) is 0.446. The highest BCUT2D eigenvalue weighted by Gasteiger charge is 2.29. The number of aromatic nitrogens is 1. The van der Waals surface area contributed by atoms with E-state index in [4.69, 9.17) is 4.42 Å². The fourth-order valence-corrected chi connectivity index (χ4v) is 5.07. The Bertz CT molecular complexity index is 1290. The second kappa shape index (κ2) is 8.78. The van der Waals surface area contributed by atoms with Gasteiger partial charge in [-0.3, -0.25) is 9.59 Å². The third kappa shape index (κ3) is 4.39. The molecule has 2 aromatic carbocycles. The summed E-state index contributed by atoms with van der Waals surface area (Å²) in [6.07, 6.45) is 0.554. The normalized spacial score (nSPS) is 14.1. The number of piperazine rings is 1. The lowest BCUT2D eigenvalue weighted by molar-refractivity contribution is 0.0521. The molecule has 1 fully saturated rings. The molecule has 2 amide bonds. The maximum atomic E-state index is 13.1. The molecule has 1 aliphatic rings. The van der Waals surface area contributed by atoms with E-state index in [0.29, 0.717) is 54.5 Å². The van der Waals surface area contributed by atoms with E-state index in [9.17, 15) is 14.0 Å². The minimum atomic E-state index is -0.275. The Kier molecular flexibility index (Phi) is 5.68. The Balaban J connectivity index is 1.22. The number of rotatable bonds is 4. The molecule has 0 N–H and O–H groups in total. The van der Waals surface area contributed by atoms with E-state index in [1.54, 1.807) is 28.0 Å². The topological polar surface area (TPSA) is 66.7 Å². The highest BCUT2D eigenvalue weighted by atomic mass is 32.1. The van der Waals surface area contributed by atoms with Gasteiger partial charge in [0, 0.05) is 38.0 Å². The van der Waals surface area contributed by atoms with E-state index in [2.05, 4.69) is 4.98 Å². The minimum Gasteiger partial charge on any atom is -0.451 e. The molecule has 168 valence electrons. The monoisotopic (exact) mass is 463 g/mol. The van der Waals surface area contributed by atoms with Gasteiger partial charge in [-0.05, 0) is 36.8 Å². The summed E-state index contributed by atoms with van der Waals surface area (Å²) in [7, 11) is 0. The molecule has 5 rings (SSSR count). The first-order valence-electron chi connectivity index (χ1n) is 10.8. The van der Waals surface area contributed by atoms with Gasteiger partial charge in [0.2, 0.25) is 0 Å². The number of furan rings is 1. The van der Waals surface area contributed by atoms with Gasteiger partial charge in [0.15, 0.2) is 5.76 Å². The molecule has 1 aliphatic heterocycles. The molecule has 4 aromatic rings. The van der Waals surface area contributed by atoms with Crippen molar-refractivity contribution in [2.24, 2.45) is 0 Å². The van der Waals surface area contributed by atoms with Crippen molar-refractivity contribution in [3.63, 3.8) is 0 Å². The van der Waals surface area contributed by atoms with Gasteiger partial charge < -0.3 is 14.2 Å². The number of aryl methyl sites for hydroxylation is 1. The third-order valence-corrected chi connectivity index (χ3v) is 6.94. The number of benzene rings is 2. The van der Waals surface area contributed by atoms with Crippen molar-refractivity contribution in [3.05, 3.63) is 87.3 Å². The molecule has 0 saturated carbocycles. The Morgan fingerprint density at radius 3 is 2.36 bits per heavy atom. The van der Waals surface area contributed by atoms with Crippen LogP contribution in [0.3, 0.4) is 0 Å². The molecule has 0 aliphatic carbocycles. The van der Waals surface area contributed by atoms with Crippen LogP contribution in [0.25, 0.3) is 11.0 Å². The van der Waals surface area contributed by atoms with E-state index in [1.165, 1.54) is 23.5 Å². The highest BCUT2D eigenvalue weighted by molar-refractivity contribution is 7.13. The number of carbonyl (C=O) groups excluding carboxylic acids is 2. The number of halogens is 1. The lowest BCUT2D eigenvalue weighted by atomic mass is 10.1. The Morgan fingerprint density at radius 1 is 1.00 bits per heavy atom. The molecule has 8 heteroatoms. The van der Waals surface area contributed by atoms with Crippen LogP contribution in [0.4, 0.5) is 4.39 Å². The van der Waals surface area contributed by atoms with Crippen molar-refractivity contribution in [1.29, 1.82) is 0 Å². The van der Waals surface area contributed by atoms with E-state index >= 15 is 0 Å². The fraction of sp³-hybridized carbons (Fsp3) is 0.240. The summed E-state index contributed by atoms with van der Waals surface area (Å²) < 4.78 is 18.8. The van der Waals surface area contributed by atoms with Gasteiger partial charge in [-0.2, -0.15) is 0 Å². The van der Waals surface area contributed by atoms with Crippen molar-refractivity contribution in [3.8, 4) is 0 Å². The average Bonchev–Trinajstić information content (AvgIpc) is 3.43. The number of para-hydroxylation sites is 1. The van der Waals surface area contributed by atoms with E-state index in [1.807, 2.05) is 31.2 Å². The summed E-state index contributed by atoms with van der Waals surface area (Å²) in [6, 6.07) is 15.6. The van der Waals surface area contributed by atoms with Crippen LogP contribution < -0.4 is 0 Å². The summed E-state index contributed by atoms with van der Waals surface area (Å²) in [5.41, 5.74) is 2.33. The number of nitrogens with zero attached hydrogens (tertiary/aromatic N) is 3. The zero-order valence-corrected chi connectivity index (χ0v) is 18.9. The van der Waals surface area contributed by atoms with Gasteiger partial charge in [0.05, 0.1) is 10.7 Å². The number of fused-ring (bicyclic) bond motifs is 1. The molecule has 1 saturated heterocycles. The van der Waals surface area contributed by atoms with Crippen LogP contribution in [-0.4, -0.2) is 52.8 Å². The van der Waals surface area contributed by atoms with E-state index in [0.717, 1.165) is 16.0 Å². The van der Waals surface area contributed by atoms with E-state index < -0.39 is 0 Å². The second-order valence-corrected chi connectivity index (χ2v) is 9.14. The second-order valence-electron chi connectivity index (χ2n) is 8.06. The lowest BCUT2D eigenvalue weighted by Gasteiger charge is -2.34. The van der Waals surface area contributed by atoms with Gasteiger partial charge in [-0.1, -0.05) is 30.3 Å². The average molecular weight is 464 g/mol. The van der Waals surface area contributed by atoms with Crippen LogP contribution in [0, 0.1) is 12.7 Å². The van der Waals surface area contributed by atoms with Gasteiger partial charge in [0.1, 0.15) is 16.3 Å². The number of hydrogen-bond acceptors (Lipinski definition) is 5. The number of carbonyl (C=O) groups is 2. The summed E-state index contributed by atoms with van der Waals surface area (Å²) >= 11 is 1.38. The van der Waals surface area contributed by atoms with Crippen LogP contribution in [0.1, 0.15) is 36.5 Å². The van der Waals surface area contributed by atoms with Crippen molar-refractivity contribution in [1.82, 2.24) is 14.8 Å². The number of thiazole rings is 1. The predicted molar refractivity (Wildman–Crippen MR) is 124 cm³/mol. The summed E-state index contributed by atoms with van der Waals surface area (Å²) in [6.45, 7) is 3.63. The van der Waals surface area contributed by atoms with Crippen LogP contribution in [0.5, 0.6) is 0 Å². The molecule has 0 bridgehead atoms. The molecule has 0 spiro atoms. The van der Waals surface area contributed by atoms with Gasteiger partial charge in [-0.25, -0.2) is 9.37 Å². The van der Waals surface area contributed by atoms with Gasteiger partial charge in [-0.15, -0.1) is 11.3 Å². The molecule has 3 heterocycles. The Hall–Kier alpha value is -3.52. The molecular weight excluding hydrogens is 441 g/mol. The van der Waals surface area contributed by atoms with Gasteiger partial charge in [0.25, 0.3) is 11.8 Å². The standard InChI is InChI=1S/C25H22FN3O3S/c1-16-23(33-22(27-16)14-17-6-8-19(26)9-7-17)25(31)29-12-10-28(11-13-29)24(30)21-15-18-4-2-3-5-20(18)32-21/h2-9,15H,10-14H2,1H3. The maximum Gasteiger partial charge on any atom is 0.289 e. The Labute approximate surface area is 194 Å². The Morgan fingerprint density at radius 2 is 1.67 bits per heavy atom. The van der Waals surface area contributed by atoms with E-state index in [-0.39, 0.29) is 17.6 Å². The number of amides is 2. The first kappa shape index (κ1) is 21.3. The van der Waals surface area contributed by atoms with Crippen LogP contribution in [0.15, 0.2) is 59.0 Å². The van der Waals surface area contributed by atoms with Crippen molar-refractivity contribution < 1.29 is 18.4 Å². The maximum absolute atomic E-state index is 13.1. The minimum absolute atomic E-state index is 0.0637. The van der Waals surface area contributed by atoms with Crippen LogP contribution in [0.2, 0.25) is 0 Å². The predicted octanol–water partition coefficient (Wildman–Crippen LogP) is 4.53. The summed E-state index contributed by atoms with van der Waals surface area (Å²) in [5, 5.41) is 1.72. The molecular formula is C25H22FN3O3S. The van der Waals surface area contributed by atoms with Crippen molar-refractivity contribution in [2.45, 2.75) is 13.3 Å². The SMILES string of the molecule is Cc1nc(Cc2ccc(F)cc2)sc1C(=O)N1CCN(C(=O)c2cc3ccccc3o2)CC1. The molecule has 0 atom stereocenters. The molecule has 6 nitrogen and oxygen atoms in total. The molecule has 33 heavy (non-hydrogen) atoms. The molecule has 2 aromatic heterocycles. The largest absolute Gasteiger partial charge is 0.451 e. The van der Waals surface area contributed by atoms with Crippen LogP contribution >= 0.6 is 11.3 Å². The van der Waals surface area contributed by atoms with Crippen molar-refractivity contribution >= 4 is 34.1 Å². The smallest absolute Gasteiger partial charge is 0.289 e. The zero-order chi connectivity index (χ0) is 22.9. The molecule has 0 radical (unpaired) electrons. The highest BCUT2D eigenvalue weighted by Crippen LogP contribution is 2.24. The lowest BCUT2D eigenvalue weighted by Crippen LogP contribution is -2.50. The van der Waals surface area contributed by atoms with Crippen molar-refractivity contribution in [2.75, 3.05) is 26.2 Å².